The maximum atomic E-state index is 13.6. The molecule has 0 saturated carbocycles. The summed E-state index contributed by atoms with van der Waals surface area (Å²) >= 11 is 15.0. The zero-order valence-corrected chi connectivity index (χ0v) is 21.7. The summed E-state index contributed by atoms with van der Waals surface area (Å²) in [5, 5.41) is 2.78. The highest BCUT2D eigenvalue weighted by Gasteiger charge is 2.35. The van der Waals surface area contributed by atoms with Gasteiger partial charge in [-0.1, -0.05) is 40.6 Å². The predicted octanol–water partition coefficient (Wildman–Crippen LogP) is 5.43. The average Bonchev–Trinajstić information content (AvgIpc) is 3.57. The van der Waals surface area contributed by atoms with E-state index in [0.29, 0.717) is 42.2 Å². The molecule has 178 valence electrons. The van der Waals surface area contributed by atoms with E-state index in [0.717, 1.165) is 4.88 Å². The second-order valence-electron chi connectivity index (χ2n) is 7.65. The minimum atomic E-state index is -0.827. The van der Waals surface area contributed by atoms with Gasteiger partial charge in [0.1, 0.15) is 17.6 Å². The number of fused-ring (bicyclic) bond motifs is 1. The number of carbonyl (C=O) groups excluding carboxylic acids is 1. The molecule has 0 N–H and O–H groups in total. The molecule has 0 spiro atoms. The molecular formula is C25H18Cl2N2O4S2. The lowest BCUT2D eigenvalue weighted by molar-refractivity contribution is -0.139. The number of halogens is 2. The topological polar surface area (TPSA) is 73.8 Å². The van der Waals surface area contributed by atoms with Gasteiger partial charge in [-0.2, -0.15) is 0 Å². The van der Waals surface area contributed by atoms with Gasteiger partial charge in [-0.05, 0) is 61.7 Å². The minimum Gasteiger partial charge on any atom is -0.463 e. The molecule has 35 heavy (non-hydrogen) atoms. The first-order chi connectivity index (χ1) is 16.9. The molecule has 1 aromatic carbocycles. The van der Waals surface area contributed by atoms with Crippen LogP contribution in [0.25, 0.3) is 17.4 Å². The molecule has 0 saturated heterocycles. The normalized spacial score (nSPS) is 15.8. The number of esters is 1. The third-order valence-electron chi connectivity index (χ3n) is 5.43. The second-order valence-corrected chi connectivity index (χ2v) is 10.5. The number of benzene rings is 1. The number of allylic oxidation sites excluding steroid dienone is 1. The minimum absolute atomic E-state index is 0.192. The third-order valence-corrected chi connectivity index (χ3v) is 7.98. The van der Waals surface area contributed by atoms with E-state index < -0.39 is 12.0 Å². The van der Waals surface area contributed by atoms with Crippen LogP contribution in [-0.4, -0.2) is 17.1 Å². The van der Waals surface area contributed by atoms with E-state index >= 15 is 0 Å². The van der Waals surface area contributed by atoms with Crippen molar-refractivity contribution >= 4 is 57.9 Å². The molecule has 0 aliphatic carbocycles. The number of ether oxygens (including phenoxy) is 1. The van der Waals surface area contributed by atoms with Crippen LogP contribution in [0.2, 0.25) is 10.0 Å². The van der Waals surface area contributed by atoms with E-state index in [1.807, 2.05) is 23.6 Å². The van der Waals surface area contributed by atoms with Crippen LogP contribution in [0.15, 0.2) is 73.3 Å². The standard InChI is InChI=1S/C25H18Cl2N2O4S2/c1-3-32-24(31)21-13(2)28-25-29(23(30)20(35-25)12-15-5-4-10-34-15)22(21)19-9-8-18(33-19)14-6-7-16(26)17(27)11-14/h4-12,22H,3H2,1-2H3/b20-12-/t22-/m0/s1. The number of carbonyl (C=O) groups is 1. The van der Waals surface area contributed by atoms with Crippen molar-refractivity contribution < 1.29 is 13.9 Å². The summed E-state index contributed by atoms with van der Waals surface area (Å²) in [6.45, 7) is 3.66. The number of thiazole rings is 1. The number of nitrogens with zero attached hydrogens (tertiary/aromatic N) is 2. The SMILES string of the molecule is CCOC(=O)C1=C(C)N=c2s/c(=C\c3cccs3)c(=O)n2[C@H]1c1ccc(-c2ccc(Cl)c(Cl)c2)o1. The third kappa shape index (κ3) is 4.43. The van der Waals surface area contributed by atoms with Crippen LogP contribution < -0.4 is 14.9 Å². The van der Waals surface area contributed by atoms with Crippen molar-refractivity contribution in [2.75, 3.05) is 6.61 Å². The van der Waals surface area contributed by atoms with Crippen molar-refractivity contribution in [1.29, 1.82) is 0 Å². The van der Waals surface area contributed by atoms with Crippen molar-refractivity contribution in [3.05, 3.63) is 99.5 Å². The van der Waals surface area contributed by atoms with Gasteiger partial charge in [0.2, 0.25) is 0 Å². The van der Waals surface area contributed by atoms with Crippen LogP contribution in [0.4, 0.5) is 0 Å². The van der Waals surface area contributed by atoms with Crippen molar-refractivity contribution in [2.45, 2.75) is 19.9 Å². The molecule has 10 heteroatoms. The highest BCUT2D eigenvalue weighted by Crippen LogP contribution is 2.35. The summed E-state index contributed by atoms with van der Waals surface area (Å²) < 4.78 is 13.5. The Labute approximate surface area is 218 Å². The molecule has 1 aliphatic rings. The molecule has 0 amide bonds. The zero-order chi connectivity index (χ0) is 24.7. The average molecular weight is 545 g/mol. The molecule has 4 aromatic rings. The number of furan rings is 1. The number of hydrogen-bond acceptors (Lipinski definition) is 7. The summed E-state index contributed by atoms with van der Waals surface area (Å²) in [5.74, 6) is 0.392. The van der Waals surface area contributed by atoms with Crippen LogP contribution in [0.1, 0.15) is 30.5 Å². The molecule has 1 atom stereocenters. The molecule has 0 bridgehead atoms. The molecule has 0 unspecified atom stereocenters. The van der Waals surface area contributed by atoms with Crippen LogP contribution >= 0.6 is 45.9 Å². The van der Waals surface area contributed by atoms with Gasteiger partial charge in [0.05, 0.1) is 32.5 Å². The van der Waals surface area contributed by atoms with Gasteiger partial charge in [0.15, 0.2) is 4.80 Å². The maximum absolute atomic E-state index is 13.6. The number of thiophene rings is 1. The maximum Gasteiger partial charge on any atom is 0.338 e. The summed E-state index contributed by atoms with van der Waals surface area (Å²) in [6, 6.07) is 11.7. The molecular weight excluding hydrogens is 527 g/mol. The Balaban J connectivity index is 1.69. The number of aromatic nitrogens is 1. The zero-order valence-electron chi connectivity index (χ0n) is 18.6. The largest absolute Gasteiger partial charge is 0.463 e. The quantitative estimate of drug-likeness (QED) is 0.314. The predicted molar refractivity (Wildman–Crippen MR) is 139 cm³/mol. The highest BCUT2D eigenvalue weighted by molar-refractivity contribution is 7.11. The summed E-state index contributed by atoms with van der Waals surface area (Å²) in [4.78, 5) is 32.6. The Kier molecular flexibility index (Phi) is 6.55. The van der Waals surface area contributed by atoms with Crippen molar-refractivity contribution in [1.82, 2.24) is 4.57 Å². The summed E-state index contributed by atoms with van der Waals surface area (Å²) in [7, 11) is 0. The van der Waals surface area contributed by atoms with Gasteiger partial charge in [0, 0.05) is 10.4 Å². The summed E-state index contributed by atoms with van der Waals surface area (Å²) in [5.41, 5.74) is 1.20. The lowest BCUT2D eigenvalue weighted by Gasteiger charge is -2.22. The fraction of sp³-hybridized carbons (Fsp3) is 0.160. The fourth-order valence-corrected chi connectivity index (χ4v) is 5.94. The first-order valence-corrected chi connectivity index (χ1v) is 13.1. The Morgan fingerprint density at radius 1 is 1.23 bits per heavy atom. The van der Waals surface area contributed by atoms with E-state index in [-0.39, 0.29) is 17.7 Å². The molecule has 1 aliphatic heterocycles. The number of rotatable bonds is 5. The molecule has 3 aromatic heterocycles. The van der Waals surface area contributed by atoms with E-state index in [9.17, 15) is 9.59 Å². The monoisotopic (exact) mass is 544 g/mol. The Morgan fingerprint density at radius 2 is 2.06 bits per heavy atom. The van der Waals surface area contributed by atoms with E-state index in [1.54, 1.807) is 44.2 Å². The van der Waals surface area contributed by atoms with Crippen LogP contribution in [0.3, 0.4) is 0 Å². The van der Waals surface area contributed by atoms with Gasteiger partial charge >= 0.3 is 5.97 Å². The fourth-order valence-electron chi connectivity index (χ4n) is 3.87. The lowest BCUT2D eigenvalue weighted by atomic mass is 10.0. The van der Waals surface area contributed by atoms with Gasteiger partial charge in [0.25, 0.3) is 5.56 Å². The van der Waals surface area contributed by atoms with Crippen LogP contribution in [-0.2, 0) is 9.53 Å². The lowest BCUT2D eigenvalue weighted by Crippen LogP contribution is -2.39. The molecule has 0 fully saturated rings. The molecule has 4 heterocycles. The van der Waals surface area contributed by atoms with Crippen LogP contribution in [0.5, 0.6) is 0 Å². The first kappa shape index (κ1) is 23.8. The van der Waals surface area contributed by atoms with Crippen LogP contribution in [0, 0.1) is 0 Å². The highest BCUT2D eigenvalue weighted by atomic mass is 35.5. The van der Waals surface area contributed by atoms with Gasteiger partial charge in [-0.15, -0.1) is 11.3 Å². The molecule has 0 radical (unpaired) electrons. The van der Waals surface area contributed by atoms with E-state index in [4.69, 9.17) is 32.4 Å². The first-order valence-electron chi connectivity index (χ1n) is 10.7. The van der Waals surface area contributed by atoms with Gasteiger partial charge < -0.3 is 9.15 Å². The summed E-state index contributed by atoms with van der Waals surface area (Å²) in [6.07, 6.45) is 1.83. The van der Waals surface area contributed by atoms with Crippen molar-refractivity contribution in [3.8, 4) is 11.3 Å². The number of hydrogen-bond donors (Lipinski definition) is 0. The second kappa shape index (κ2) is 9.62. The van der Waals surface area contributed by atoms with Crippen molar-refractivity contribution in [2.24, 2.45) is 4.99 Å². The Bertz CT molecular complexity index is 1640. The molecule has 5 rings (SSSR count). The molecule has 6 nitrogen and oxygen atoms in total. The smallest absolute Gasteiger partial charge is 0.338 e. The van der Waals surface area contributed by atoms with E-state index in [2.05, 4.69) is 4.99 Å². The van der Waals surface area contributed by atoms with Gasteiger partial charge in [-0.3, -0.25) is 9.36 Å². The van der Waals surface area contributed by atoms with Gasteiger partial charge in [-0.25, -0.2) is 9.79 Å². The van der Waals surface area contributed by atoms with E-state index in [1.165, 1.54) is 27.2 Å². The van der Waals surface area contributed by atoms with Crippen molar-refractivity contribution in [3.63, 3.8) is 0 Å². The Morgan fingerprint density at radius 3 is 2.77 bits per heavy atom. The Hall–Kier alpha value is -2.91.